The Hall–Kier alpha value is -0.0800. The van der Waals surface area contributed by atoms with Crippen molar-refractivity contribution >= 4 is 0 Å². The van der Waals surface area contributed by atoms with E-state index < -0.39 is 0 Å². The highest BCUT2D eigenvalue weighted by atomic mass is 15.1. The van der Waals surface area contributed by atoms with Gasteiger partial charge >= 0.3 is 0 Å². The SMILES string of the molecule is CC(CC1CCC1)N(C)CC1CCNCC1. The molecule has 2 aliphatic rings. The molecule has 2 fully saturated rings. The molecular weight excluding hydrogens is 196 g/mol. The third-order valence-corrected chi connectivity index (χ3v) is 4.66. The Bertz CT molecular complexity index is 195. The molecule has 2 nitrogen and oxygen atoms in total. The molecule has 1 atom stereocenters. The molecule has 16 heavy (non-hydrogen) atoms. The zero-order chi connectivity index (χ0) is 11.4. The van der Waals surface area contributed by atoms with E-state index in [4.69, 9.17) is 0 Å². The van der Waals surface area contributed by atoms with Crippen molar-refractivity contribution in [2.24, 2.45) is 11.8 Å². The molecule has 1 saturated heterocycles. The third kappa shape index (κ3) is 3.46. The molecular formula is C14H28N2. The van der Waals surface area contributed by atoms with Crippen LogP contribution < -0.4 is 5.32 Å². The molecule has 0 bridgehead atoms. The molecule has 1 heterocycles. The maximum Gasteiger partial charge on any atom is 0.00666 e. The van der Waals surface area contributed by atoms with Gasteiger partial charge in [-0.05, 0) is 58.2 Å². The summed E-state index contributed by atoms with van der Waals surface area (Å²) in [5.74, 6) is 1.99. The summed E-state index contributed by atoms with van der Waals surface area (Å²) < 4.78 is 0. The number of piperidine rings is 1. The summed E-state index contributed by atoms with van der Waals surface area (Å²) in [5.41, 5.74) is 0. The van der Waals surface area contributed by atoms with E-state index in [0.717, 1.165) is 17.9 Å². The lowest BCUT2D eigenvalue weighted by Gasteiger charge is -2.35. The molecule has 2 rings (SSSR count). The number of nitrogens with one attached hydrogen (secondary N) is 1. The molecule has 1 saturated carbocycles. The van der Waals surface area contributed by atoms with Crippen molar-refractivity contribution in [3.05, 3.63) is 0 Å². The fourth-order valence-corrected chi connectivity index (χ4v) is 3.04. The van der Waals surface area contributed by atoms with E-state index in [2.05, 4.69) is 24.2 Å². The van der Waals surface area contributed by atoms with Crippen LogP contribution in [0.5, 0.6) is 0 Å². The largest absolute Gasteiger partial charge is 0.317 e. The summed E-state index contributed by atoms with van der Waals surface area (Å²) in [5, 5.41) is 3.45. The third-order valence-electron chi connectivity index (χ3n) is 4.66. The van der Waals surface area contributed by atoms with E-state index in [-0.39, 0.29) is 0 Å². The Kier molecular flexibility index (Phi) is 4.66. The van der Waals surface area contributed by atoms with Gasteiger partial charge in [-0.3, -0.25) is 0 Å². The Labute approximate surface area is 101 Å². The molecule has 1 unspecified atom stereocenters. The highest BCUT2D eigenvalue weighted by molar-refractivity contribution is 4.78. The maximum absolute atomic E-state index is 3.45. The zero-order valence-electron chi connectivity index (χ0n) is 11.0. The molecule has 1 aliphatic carbocycles. The minimum atomic E-state index is 0.792. The molecule has 0 radical (unpaired) electrons. The first-order valence-electron chi connectivity index (χ1n) is 7.16. The minimum absolute atomic E-state index is 0.792. The van der Waals surface area contributed by atoms with Crippen LogP contribution in [0.4, 0.5) is 0 Å². The van der Waals surface area contributed by atoms with Crippen LogP contribution in [0.2, 0.25) is 0 Å². The van der Waals surface area contributed by atoms with Crippen LogP contribution in [-0.2, 0) is 0 Å². The second kappa shape index (κ2) is 6.02. The van der Waals surface area contributed by atoms with Crippen molar-refractivity contribution in [1.82, 2.24) is 10.2 Å². The highest BCUT2D eigenvalue weighted by Crippen LogP contribution is 2.31. The monoisotopic (exact) mass is 224 g/mol. The van der Waals surface area contributed by atoms with Gasteiger partial charge in [0.25, 0.3) is 0 Å². The molecule has 94 valence electrons. The Morgan fingerprint density at radius 1 is 1.12 bits per heavy atom. The quantitative estimate of drug-likeness (QED) is 0.772. The predicted octanol–water partition coefficient (Wildman–Crippen LogP) is 2.50. The van der Waals surface area contributed by atoms with E-state index in [1.165, 1.54) is 58.2 Å². The predicted molar refractivity (Wildman–Crippen MR) is 69.6 cm³/mol. The van der Waals surface area contributed by atoms with Crippen molar-refractivity contribution < 1.29 is 0 Å². The summed E-state index contributed by atoms with van der Waals surface area (Å²) in [6.07, 6.45) is 8.65. The van der Waals surface area contributed by atoms with Crippen molar-refractivity contribution in [1.29, 1.82) is 0 Å². The van der Waals surface area contributed by atoms with Gasteiger partial charge in [-0.1, -0.05) is 19.3 Å². The fraction of sp³-hybridized carbons (Fsp3) is 1.00. The molecule has 0 aromatic rings. The summed E-state index contributed by atoms with van der Waals surface area (Å²) in [4.78, 5) is 2.61. The number of nitrogens with zero attached hydrogens (tertiary/aromatic N) is 1. The van der Waals surface area contributed by atoms with Gasteiger partial charge in [-0.2, -0.15) is 0 Å². The molecule has 1 N–H and O–H groups in total. The van der Waals surface area contributed by atoms with Crippen LogP contribution in [0.3, 0.4) is 0 Å². The van der Waals surface area contributed by atoms with Crippen LogP contribution in [0.15, 0.2) is 0 Å². The Balaban J connectivity index is 1.66. The van der Waals surface area contributed by atoms with Gasteiger partial charge in [-0.25, -0.2) is 0 Å². The van der Waals surface area contributed by atoms with Crippen molar-refractivity contribution in [3.8, 4) is 0 Å². The Morgan fingerprint density at radius 2 is 1.81 bits per heavy atom. The van der Waals surface area contributed by atoms with E-state index in [1.54, 1.807) is 0 Å². The number of rotatable bonds is 5. The van der Waals surface area contributed by atoms with Crippen LogP contribution in [0.1, 0.15) is 45.4 Å². The number of hydrogen-bond donors (Lipinski definition) is 1. The second-order valence-electron chi connectivity index (χ2n) is 6.01. The van der Waals surface area contributed by atoms with Gasteiger partial charge in [0, 0.05) is 12.6 Å². The van der Waals surface area contributed by atoms with E-state index in [0.29, 0.717) is 0 Å². The normalized spacial score (nSPS) is 25.7. The average Bonchev–Trinajstić information content (AvgIpc) is 2.24. The summed E-state index contributed by atoms with van der Waals surface area (Å²) in [6, 6.07) is 0.792. The van der Waals surface area contributed by atoms with Gasteiger partial charge in [0.15, 0.2) is 0 Å². The summed E-state index contributed by atoms with van der Waals surface area (Å²) >= 11 is 0. The van der Waals surface area contributed by atoms with Crippen LogP contribution >= 0.6 is 0 Å². The zero-order valence-corrected chi connectivity index (χ0v) is 11.0. The lowest BCUT2D eigenvalue weighted by molar-refractivity contribution is 0.152. The maximum atomic E-state index is 3.45. The van der Waals surface area contributed by atoms with E-state index >= 15 is 0 Å². The van der Waals surface area contributed by atoms with Crippen LogP contribution in [0.25, 0.3) is 0 Å². The lowest BCUT2D eigenvalue weighted by atomic mass is 9.81. The molecule has 2 heteroatoms. The van der Waals surface area contributed by atoms with Crippen molar-refractivity contribution in [3.63, 3.8) is 0 Å². The Morgan fingerprint density at radius 3 is 2.38 bits per heavy atom. The van der Waals surface area contributed by atoms with Gasteiger partial charge < -0.3 is 10.2 Å². The van der Waals surface area contributed by atoms with Gasteiger partial charge in [0.2, 0.25) is 0 Å². The standard InChI is InChI=1S/C14H28N2/c1-12(10-13-4-3-5-13)16(2)11-14-6-8-15-9-7-14/h12-15H,3-11H2,1-2H3. The van der Waals surface area contributed by atoms with Crippen molar-refractivity contribution in [2.45, 2.75) is 51.5 Å². The minimum Gasteiger partial charge on any atom is -0.317 e. The van der Waals surface area contributed by atoms with Crippen LogP contribution in [-0.4, -0.2) is 37.6 Å². The molecule has 1 aliphatic heterocycles. The summed E-state index contributed by atoms with van der Waals surface area (Å²) in [6.45, 7) is 6.19. The molecule has 0 spiro atoms. The first-order chi connectivity index (χ1) is 7.75. The molecule has 0 aromatic carbocycles. The summed E-state index contributed by atoms with van der Waals surface area (Å²) in [7, 11) is 2.32. The lowest BCUT2D eigenvalue weighted by Crippen LogP contribution is -2.39. The first kappa shape index (κ1) is 12.4. The average molecular weight is 224 g/mol. The van der Waals surface area contributed by atoms with Crippen molar-refractivity contribution in [2.75, 3.05) is 26.7 Å². The smallest absolute Gasteiger partial charge is 0.00666 e. The first-order valence-corrected chi connectivity index (χ1v) is 7.16. The van der Waals surface area contributed by atoms with E-state index in [9.17, 15) is 0 Å². The van der Waals surface area contributed by atoms with Gasteiger partial charge in [0.05, 0.1) is 0 Å². The van der Waals surface area contributed by atoms with Gasteiger partial charge in [-0.15, -0.1) is 0 Å². The van der Waals surface area contributed by atoms with Crippen LogP contribution in [0, 0.1) is 11.8 Å². The fourth-order valence-electron chi connectivity index (χ4n) is 3.04. The molecule has 0 aromatic heterocycles. The topological polar surface area (TPSA) is 15.3 Å². The highest BCUT2D eigenvalue weighted by Gasteiger charge is 2.23. The second-order valence-corrected chi connectivity index (χ2v) is 6.01. The van der Waals surface area contributed by atoms with Gasteiger partial charge in [0.1, 0.15) is 0 Å². The van der Waals surface area contributed by atoms with E-state index in [1.807, 2.05) is 0 Å². The molecule has 0 amide bonds. The number of hydrogen-bond acceptors (Lipinski definition) is 2.